The van der Waals surface area contributed by atoms with E-state index in [2.05, 4.69) is 0 Å². The summed E-state index contributed by atoms with van der Waals surface area (Å²) in [6.07, 6.45) is 0. The molecular formula is C26H20FNO5. The molecule has 3 aromatic carbocycles. The molecule has 1 fully saturated rings. The molecule has 3 aromatic rings. The van der Waals surface area contributed by atoms with E-state index in [1.165, 1.54) is 23.1 Å². The summed E-state index contributed by atoms with van der Waals surface area (Å²) in [5, 5.41) is 11.2. The maximum Gasteiger partial charge on any atom is 0.295 e. The zero-order chi connectivity index (χ0) is 22.9. The molecule has 6 nitrogen and oxygen atoms in total. The van der Waals surface area contributed by atoms with Crippen molar-refractivity contribution in [3.8, 4) is 11.5 Å². The van der Waals surface area contributed by atoms with Crippen molar-refractivity contribution >= 4 is 17.4 Å². The van der Waals surface area contributed by atoms with Gasteiger partial charge in [0, 0.05) is 17.7 Å². The molecule has 7 heteroatoms. The normalized spacial score (nSPS) is 19.1. The summed E-state index contributed by atoms with van der Waals surface area (Å²) in [5.41, 5.74) is 1.02. The van der Waals surface area contributed by atoms with E-state index in [1.54, 1.807) is 24.3 Å². The lowest BCUT2D eigenvalue weighted by Crippen LogP contribution is -2.29. The number of halogens is 1. The quantitative estimate of drug-likeness (QED) is 0.370. The van der Waals surface area contributed by atoms with Gasteiger partial charge in [-0.2, -0.15) is 0 Å². The predicted molar refractivity (Wildman–Crippen MR) is 118 cm³/mol. The lowest BCUT2D eigenvalue weighted by Gasteiger charge is -2.26. The number of ether oxygens (including phenoxy) is 2. The van der Waals surface area contributed by atoms with E-state index >= 15 is 0 Å². The van der Waals surface area contributed by atoms with Gasteiger partial charge < -0.3 is 19.5 Å². The Morgan fingerprint density at radius 3 is 2.39 bits per heavy atom. The highest BCUT2D eigenvalue weighted by Gasteiger charge is 2.47. The van der Waals surface area contributed by atoms with Gasteiger partial charge in [0.05, 0.1) is 11.6 Å². The van der Waals surface area contributed by atoms with Crippen LogP contribution in [0.2, 0.25) is 0 Å². The van der Waals surface area contributed by atoms with Gasteiger partial charge in [0.2, 0.25) is 0 Å². The molecule has 2 aliphatic rings. The molecule has 1 unspecified atom stereocenters. The molecule has 2 heterocycles. The Kier molecular flexibility index (Phi) is 5.30. The third-order valence-corrected chi connectivity index (χ3v) is 5.75. The first-order valence-electron chi connectivity index (χ1n) is 10.5. The van der Waals surface area contributed by atoms with E-state index in [0.717, 1.165) is 5.56 Å². The summed E-state index contributed by atoms with van der Waals surface area (Å²) < 4.78 is 26.0. The zero-order valence-electron chi connectivity index (χ0n) is 17.5. The molecule has 1 saturated heterocycles. The van der Waals surface area contributed by atoms with Crippen molar-refractivity contribution in [2.75, 3.05) is 13.2 Å². The van der Waals surface area contributed by atoms with Crippen LogP contribution in [0.3, 0.4) is 0 Å². The van der Waals surface area contributed by atoms with Crippen molar-refractivity contribution in [1.82, 2.24) is 4.90 Å². The van der Waals surface area contributed by atoms with Gasteiger partial charge in [-0.05, 0) is 29.8 Å². The van der Waals surface area contributed by atoms with Gasteiger partial charge >= 0.3 is 0 Å². The highest BCUT2D eigenvalue weighted by atomic mass is 19.1. The molecule has 1 atom stereocenters. The van der Waals surface area contributed by atoms with Gasteiger partial charge in [-0.25, -0.2) is 4.39 Å². The number of rotatable bonds is 4. The average Bonchev–Trinajstić information content (AvgIpc) is 3.09. The van der Waals surface area contributed by atoms with Gasteiger partial charge in [-0.1, -0.05) is 48.5 Å². The summed E-state index contributed by atoms with van der Waals surface area (Å²) in [4.78, 5) is 27.5. The first-order chi connectivity index (χ1) is 16.0. The number of fused-ring (bicyclic) bond motifs is 1. The molecule has 1 amide bonds. The Morgan fingerprint density at radius 1 is 0.939 bits per heavy atom. The molecule has 0 aliphatic carbocycles. The summed E-state index contributed by atoms with van der Waals surface area (Å²) >= 11 is 0. The molecule has 1 N–H and O–H groups in total. The molecule has 0 saturated carbocycles. The molecular weight excluding hydrogens is 425 g/mol. The van der Waals surface area contributed by atoms with Crippen LogP contribution in [0.5, 0.6) is 11.5 Å². The van der Waals surface area contributed by atoms with E-state index in [9.17, 15) is 19.1 Å². The van der Waals surface area contributed by atoms with Crippen LogP contribution in [0.1, 0.15) is 22.7 Å². The second-order valence-electron chi connectivity index (χ2n) is 7.79. The lowest BCUT2D eigenvalue weighted by atomic mass is 9.94. The van der Waals surface area contributed by atoms with Crippen molar-refractivity contribution < 1.29 is 28.6 Å². The van der Waals surface area contributed by atoms with Crippen LogP contribution in [0.4, 0.5) is 4.39 Å². The van der Waals surface area contributed by atoms with Crippen LogP contribution in [-0.2, 0) is 16.1 Å². The van der Waals surface area contributed by atoms with Crippen molar-refractivity contribution in [3.05, 3.63) is 101 Å². The van der Waals surface area contributed by atoms with E-state index in [4.69, 9.17) is 9.47 Å². The number of benzene rings is 3. The molecule has 33 heavy (non-hydrogen) atoms. The van der Waals surface area contributed by atoms with Gasteiger partial charge in [0.15, 0.2) is 11.5 Å². The standard InChI is InChI=1S/C26H20FNO5/c27-19-9-5-4-8-18(19)23-22(24(29)17-10-11-20-21(14-17)33-13-12-32-20)25(30)26(31)28(23)15-16-6-2-1-3-7-16/h1-11,14,23,29H,12-13,15H2. The van der Waals surface area contributed by atoms with Gasteiger partial charge in [0.25, 0.3) is 11.7 Å². The van der Waals surface area contributed by atoms with Crippen LogP contribution in [0, 0.1) is 5.82 Å². The average molecular weight is 445 g/mol. The fourth-order valence-corrected chi connectivity index (χ4v) is 4.19. The van der Waals surface area contributed by atoms with Crippen LogP contribution in [-0.4, -0.2) is 34.9 Å². The third kappa shape index (κ3) is 3.71. The Hall–Kier alpha value is -4.13. The molecule has 0 spiro atoms. The number of aliphatic hydroxyl groups is 1. The topological polar surface area (TPSA) is 76.1 Å². The number of ketones is 1. The van der Waals surface area contributed by atoms with Crippen LogP contribution < -0.4 is 9.47 Å². The number of likely N-dealkylation sites (tertiary alicyclic amines) is 1. The second kappa shape index (κ2) is 8.43. The van der Waals surface area contributed by atoms with Gasteiger partial charge in [-0.3, -0.25) is 9.59 Å². The van der Waals surface area contributed by atoms with Crippen LogP contribution >= 0.6 is 0 Å². The monoisotopic (exact) mass is 445 g/mol. The van der Waals surface area contributed by atoms with Gasteiger partial charge in [0.1, 0.15) is 24.8 Å². The van der Waals surface area contributed by atoms with E-state index < -0.39 is 29.3 Å². The predicted octanol–water partition coefficient (Wildman–Crippen LogP) is 4.22. The number of nitrogens with zero attached hydrogens (tertiary/aromatic N) is 1. The highest BCUT2D eigenvalue weighted by Crippen LogP contribution is 2.42. The van der Waals surface area contributed by atoms with E-state index in [-0.39, 0.29) is 23.2 Å². The molecule has 5 rings (SSSR count). The summed E-state index contributed by atoms with van der Waals surface area (Å²) in [6.45, 7) is 0.854. The molecule has 0 radical (unpaired) electrons. The van der Waals surface area contributed by atoms with Crippen molar-refractivity contribution in [1.29, 1.82) is 0 Å². The number of hydrogen-bond acceptors (Lipinski definition) is 5. The number of carbonyl (C=O) groups is 2. The minimum Gasteiger partial charge on any atom is -0.507 e. The third-order valence-electron chi connectivity index (χ3n) is 5.75. The molecule has 0 aromatic heterocycles. The van der Waals surface area contributed by atoms with Crippen LogP contribution in [0.25, 0.3) is 5.76 Å². The molecule has 0 bridgehead atoms. The minimum atomic E-state index is -1.08. The van der Waals surface area contributed by atoms with Crippen LogP contribution in [0.15, 0.2) is 78.4 Å². The summed E-state index contributed by atoms with van der Waals surface area (Å²) in [7, 11) is 0. The lowest BCUT2D eigenvalue weighted by molar-refractivity contribution is -0.140. The largest absolute Gasteiger partial charge is 0.507 e. The fraction of sp³-hybridized carbons (Fsp3) is 0.154. The fourth-order valence-electron chi connectivity index (χ4n) is 4.19. The summed E-state index contributed by atoms with van der Waals surface area (Å²) in [5.74, 6) is -1.69. The Morgan fingerprint density at radius 2 is 1.64 bits per heavy atom. The summed E-state index contributed by atoms with van der Waals surface area (Å²) in [6, 6.07) is 18.7. The van der Waals surface area contributed by atoms with Crippen molar-refractivity contribution in [2.45, 2.75) is 12.6 Å². The van der Waals surface area contributed by atoms with Gasteiger partial charge in [-0.15, -0.1) is 0 Å². The highest BCUT2D eigenvalue weighted by molar-refractivity contribution is 6.46. The Balaban J connectivity index is 1.65. The first kappa shape index (κ1) is 20.8. The van der Waals surface area contributed by atoms with Crippen molar-refractivity contribution in [3.63, 3.8) is 0 Å². The maximum atomic E-state index is 14.9. The van der Waals surface area contributed by atoms with E-state index in [0.29, 0.717) is 24.7 Å². The smallest absolute Gasteiger partial charge is 0.295 e. The number of carbonyl (C=O) groups excluding carboxylic acids is 2. The maximum absolute atomic E-state index is 14.9. The molecule has 166 valence electrons. The number of hydrogen-bond donors (Lipinski definition) is 1. The second-order valence-corrected chi connectivity index (χ2v) is 7.79. The Labute approximate surface area is 189 Å². The Bertz CT molecular complexity index is 1270. The number of amides is 1. The SMILES string of the molecule is O=C1C(=O)N(Cc2ccccc2)C(c2ccccc2F)C1=C(O)c1ccc2c(c1)OCCO2. The van der Waals surface area contributed by atoms with Crippen molar-refractivity contribution in [2.24, 2.45) is 0 Å². The zero-order valence-corrected chi connectivity index (χ0v) is 17.5. The molecule has 2 aliphatic heterocycles. The number of Topliss-reactive ketones (excluding diaryl/α,β-unsaturated/α-hetero) is 1. The number of aliphatic hydroxyl groups excluding tert-OH is 1. The first-order valence-corrected chi connectivity index (χ1v) is 10.5. The minimum absolute atomic E-state index is 0.0856. The van der Waals surface area contributed by atoms with E-state index in [1.807, 2.05) is 30.3 Å².